The molecule has 1 unspecified atom stereocenters. The third-order valence-electron chi connectivity index (χ3n) is 3.77. The monoisotopic (exact) mass is 347 g/mol. The van der Waals surface area contributed by atoms with E-state index in [2.05, 4.69) is 5.32 Å². The van der Waals surface area contributed by atoms with Gasteiger partial charge in [-0.3, -0.25) is 19.0 Å². The molecule has 0 saturated carbocycles. The van der Waals surface area contributed by atoms with Crippen molar-refractivity contribution in [1.29, 1.82) is 0 Å². The van der Waals surface area contributed by atoms with Crippen LogP contribution in [-0.2, 0) is 18.9 Å². The van der Waals surface area contributed by atoms with E-state index in [1.165, 1.54) is 43.1 Å². The minimum Gasteiger partial charge on any atom is -0.320 e. The predicted octanol–water partition coefficient (Wildman–Crippen LogP) is 1.07. The first-order valence-corrected chi connectivity index (χ1v) is 7.57. The molecular weight excluding hydrogens is 329 g/mol. The van der Waals surface area contributed by atoms with Gasteiger partial charge in [-0.2, -0.15) is 0 Å². The van der Waals surface area contributed by atoms with Crippen LogP contribution in [0.15, 0.2) is 40.1 Å². The lowest BCUT2D eigenvalue weighted by atomic mass is 9.96. The number of ketones is 1. The number of aromatic nitrogens is 2. The van der Waals surface area contributed by atoms with Gasteiger partial charge in [-0.15, -0.1) is 0 Å². The van der Waals surface area contributed by atoms with Crippen LogP contribution in [0.3, 0.4) is 0 Å². The fraction of sp³-hybridized carbons (Fsp3) is 0.294. The molecule has 8 heteroatoms. The number of nitrogens with zero attached hydrogens (tertiary/aromatic N) is 2. The molecule has 0 spiro atoms. The fourth-order valence-corrected chi connectivity index (χ4v) is 2.39. The maximum Gasteiger partial charge on any atom is 0.330 e. The Bertz CT molecular complexity index is 946. The topological polar surface area (TPSA) is 90.2 Å². The average Bonchev–Trinajstić information content (AvgIpc) is 2.57. The predicted molar refractivity (Wildman–Crippen MR) is 90.1 cm³/mol. The molecule has 1 atom stereocenters. The Labute approximate surface area is 142 Å². The summed E-state index contributed by atoms with van der Waals surface area (Å²) < 4.78 is 15.2. The maximum absolute atomic E-state index is 13.2. The third kappa shape index (κ3) is 4.09. The van der Waals surface area contributed by atoms with E-state index in [4.69, 9.17) is 0 Å². The zero-order valence-corrected chi connectivity index (χ0v) is 14.1. The van der Waals surface area contributed by atoms with Gasteiger partial charge in [0.15, 0.2) is 5.78 Å². The molecule has 7 nitrogen and oxygen atoms in total. The smallest absolute Gasteiger partial charge is 0.320 e. The van der Waals surface area contributed by atoms with Gasteiger partial charge in [0.05, 0.1) is 0 Å². The molecule has 1 heterocycles. The average molecular weight is 347 g/mol. The van der Waals surface area contributed by atoms with E-state index in [1.54, 1.807) is 6.92 Å². The van der Waals surface area contributed by atoms with Gasteiger partial charge in [-0.05, 0) is 12.1 Å². The van der Waals surface area contributed by atoms with Gasteiger partial charge >= 0.3 is 5.69 Å². The van der Waals surface area contributed by atoms with Crippen LogP contribution in [0.4, 0.5) is 10.1 Å². The minimum atomic E-state index is -0.696. The first-order valence-electron chi connectivity index (χ1n) is 7.57. The fourth-order valence-electron chi connectivity index (χ4n) is 2.39. The standard InChI is InChI=1S/C17H18FN3O4/c1-10(15(23)11-5-4-6-12(18)8-11)7-14(22)19-13-9-20(2)17(25)21(3)16(13)24/h4-6,8-10H,7H2,1-3H3,(H,19,22). The highest BCUT2D eigenvalue weighted by atomic mass is 19.1. The Hall–Kier alpha value is -3.03. The number of carbonyl (C=O) groups is 2. The van der Waals surface area contributed by atoms with Crippen LogP contribution in [0, 0.1) is 11.7 Å². The largest absolute Gasteiger partial charge is 0.330 e. The van der Waals surface area contributed by atoms with Crippen molar-refractivity contribution in [1.82, 2.24) is 9.13 Å². The number of aryl methyl sites for hydroxylation is 1. The summed E-state index contributed by atoms with van der Waals surface area (Å²) in [4.78, 5) is 48.0. The van der Waals surface area contributed by atoms with Crippen LogP contribution in [-0.4, -0.2) is 20.8 Å². The van der Waals surface area contributed by atoms with Crippen molar-refractivity contribution < 1.29 is 14.0 Å². The van der Waals surface area contributed by atoms with Gasteiger partial charge in [-0.25, -0.2) is 9.18 Å². The van der Waals surface area contributed by atoms with Gasteiger partial charge < -0.3 is 9.88 Å². The molecule has 1 aromatic heterocycles. The van der Waals surface area contributed by atoms with Crippen molar-refractivity contribution in [2.45, 2.75) is 13.3 Å². The number of hydrogen-bond donors (Lipinski definition) is 1. The number of anilines is 1. The lowest BCUT2D eigenvalue weighted by Crippen LogP contribution is -2.38. The zero-order chi connectivity index (χ0) is 18.7. The SMILES string of the molecule is CC(CC(=O)Nc1cn(C)c(=O)n(C)c1=O)C(=O)c1cccc(F)c1. The van der Waals surface area contributed by atoms with Crippen molar-refractivity contribution in [2.24, 2.45) is 20.0 Å². The summed E-state index contributed by atoms with van der Waals surface area (Å²) in [5, 5.41) is 2.41. The van der Waals surface area contributed by atoms with Crippen molar-refractivity contribution in [3.8, 4) is 0 Å². The summed E-state index contributed by atoms with van der Waals surface area (Å²) in [6.07, 6.45) is 1.04. The molecule has 0 aliphatic carbocycles. The van der Waals surface area contributed by atoms with Gasteiger partial charge in [-0.1, -0.05) is 19.1 Å². The number of benzene rings is 1. The van der Waals surface area contributed by atoms with Gasteiger partial charge in [0.25, 0.3) is 5.56 Å². The van der Waals surface area contributed by atoms with E-state index < -0.39 is 28.9 Å². The molecule has 1 aromatic carbocycles. The summed E-state index contributed by atoms with van der Waals surface area (Å²) in [7, 11) is 2.75. The summed E-state index contributed by atoms with van der Waals surface area (Å²) in [5.74, 6) is -2.15. The van der Waals surface area contributed by atoms with Crippen LogP contribution in [0.25, 0.3) is 0 Å². The highest BCUT2D eigenvalue weighted by Gasteiger charge is 2.20. The Morgan fingerprint density at radius 3 is 2.56 bits per heavy atom. The summed E-state index contributed by atoms with van der Waals surface area (Å²) in [6.45, 7) is 1.55. The zero-order valence-electron chi connectivity index (χ0n) is 14.1. The van der Waals surface area contributed by atoms with E-state index in [1.807, 2.05) is 0 Å². The molecule has 2 aromatic rings. The molecule has 0 aliphatic heterocycles. The van der Waals surface area contributed by atoms with Crippen LogP contribution in [0.1, 0.15) is 23.7 Å². The molecule has 0 saturated heterocycles. The molecular formula is C17H18FN3O4. The molecule has 0 aliphatic rings. The Balaban J connectivity index is 2.11. The molecule has 25 heavy (non-hydrogen) atoms. The van der Waals surface area contributed by atoms with E-state index in [0.29, 0.717) is 0 Å². The van der Waals surface area contributed by atoms with E-state index in [9.17, 15) is 23.6 Å². The van der Waals surface area contributed by atoms with Crippen molar-refractivity contribution in [3.63, 3.8) is 0 Å². The van der Waals surface area contributed by atoms with Crippen LogP contribution >= 0.6 is 0 Å². The molecule has 1 N–H and O–H groups in total. The number of carbonyl (C=O) groups excluding carboxylic acids is 2. The summed E-state index contributed by atoms with van der Waals surface area (Å²) in [5.41, 5.74) is -1.03. The van der Waals surface area contributed by atoms with Crippen molar-refractivity contribution in [3.05, 3.63) is 62.7 Å². The summed E-state index contributed by atoms with van der Waals surface area (Å²) >= 11 is 0. The Kier molecular flexibility index (Phi) is 5.31. The number of Topliss-reactive ketones (excluding diaryl/α,β-unsaturated/α-hetero) is 1. The van der Waals surface area contributed by atoms with Gasteiger partial charge in [0, 0.05) is 38.2 Å². The first kappa shape index (κ1) is 18.3. The first-order chi connectivity index (χ1) is 11.7. The number of rotatable bonds is 5. The van der Waals surface area contributed by atoms with Gasteiger partial charge in [0.1, 0.15) is 11.5 Å². The molecule has 0 fully saturated rings. The second-order valence-electron chi connectivity index (χ2n) is 5.83. The molecule has 132 valence electrons. The second-order valence-corrected chi connectivity index (χ2v) is 5.83. The normalized spacial score (nSPS) is 11.8. The molecule has 2 rings (SSSR count). The molecule has 0 bridgehead atoms. The van der Waals surface area contributed by atoms with E-state index in [0.717, 1.165) is 10.6 Å². The van der Waals surface area contributed by atoms with Crippen LogP contribution < -0.4 is 16.6 Å². The second kappa shape index (κ2) is 7.25. The maximum atomic E-state index is 13.2. The van der Waals surface area contributed by atoms with Crippen molar-refractivity contribution >= 4 is 17.4 Å². The molecule has 1 amide bonds. The number of hydrogen-bond acceptors (Lipinski definition) is 4. The number of nitrogens with one attached hydrogen (secondary N) is 1. The Morgan fingerprint density at radius 1 is 1.24 bits per heavy atom. The van der Waals surface area contributed by atoms with Crippen molar-refractivity contribution in [2.75, 3.05) is 5.32 Å². The highest BCUT2D eigenvalue weighted by Crippen LogP contribution is 2.14. The summed E-state index contributed by atoms with van der Waals surface area (Å²) in [6, 6.07) is 5.23. The van der Waals surface area contributed by atoms with E-state index in [-0.39, 0.29) is 23.5 Å². The highest BCUT2D eigenvalue weighted by molar-refractivity contribution is 6.01. The van der Waals surface area contributed by atoms with Crippen LogP contribution in [0.2, 0.25) is 0 Å². The van der Waals surface area contributed by atoms with E-state index >= 15 is 0 Å². The third-order valence-corrected chi connectivity index (χ3v) is 3.77. The number of halogens is 1. The Morgan fingerprint density at radius 2 is 1.92 bits per heavy atom. The van der Waals surface area contributed by atoms with Gasteiger partial charge in [0.2, 0.25) is 5.91 Å². The number of amides is 1. The van der Waals surface area contributed by atoms with Crippen LogP contribution in [0.5, 0.6) is 0 Å². The quantitative estimate of drug-likeness (QED) is 0.819. The lowest BCUT2D eigenvalue weighted by molar-refractivity contribution is -0.116. The molecule has 0 radical (unpaired) electrons. The minimum absolute atomic E-state index is 0.0556. The lowest BCUT2D eigenvalue weighted by Gasteiger charge is -2.12.